The van der Waals surface area contributed by atoms with E-state index in [0.717, 1.165) is 11.7 Å². The maximum atomic E-state index is 4.46. The van der Waals surface area contributed by atoms with Gasteiger partial charge in [0.15, 0.2) is 0 Å². The van der Waals surface area contributed by atoms with Gasteiger partial charge in [-0.25, -0.2) is 9.98 Å². The van der Waals surface area contributed by atoms with Crippen molar-refractivity contribution in [2.24, 2.45) is 9.98 Å². The van der Waals surface area contributed by atoms with Crippen LogP contribution < -0.4 is 0 Å². The number of rotatable bonds is 0. The number of hydrogen-bond donors (Lipinski definition) is 0. The summed E-state index contributed by atoms with van der Waals surface area (Å²) in [5, 5.41) is 0. The van der Waals surface area contributed by atoms with E-state index in [2.05, 4.69) is 32.9 Å². The van der Waals surface area contributed by atoms with E-state index in [1.54, 1.807) is 0 Å². The maximum Gasteiger partial charge on any atom is 0.205 e. The number of aliphatic imine (C=N–C) groups is 2. The number of hydrogen-bond acceptors (Lipinski definition) is 4. The van der Waals surface area contributed by atoms with E-state index in [0.29, 0.717) is 0 Å². The molecule has 0 saturated heterocycles. The van der Waals surface area contributed by atoms with E-state index in [1.807, 2.05) is 20.9 Å². The summed E-state index contributed by atoms with van der Waals surface area (Å²) in [5.74, 6) is 1.87. The first kappa shape index (κ1) is 8.29. The molecule has 2 aliphatic rings. The van der Waals surface area contributed by atoms with Gasteiger partial charge in [0.05, 0.1) is 0 Å². The fourth-order valence-electron chi connectivity index (χ4n) is 1.62. The molecule has 0 saturated carbocycles. The SMILES string of the molecule is CC1=CN2C(C)=NC(C)=NC2N1C. The van der Waals surface area contributed by atoms with E-state index in [-0.39, 0.29) is 6.29 Å². The summed E-state index contributed by atoms with van der Waals surface area (Å²) in [4.78, 5) is 13.0. The molecular weight excluding hydrogens is 164 g/mol. The predicted octanol–water partition coefficient (Wildman–Crippen LogP) is 1.23. The number of fused-ring (bicyclic) bond motifs is 1. The van der Waals surface area contributed by atoms with Gasteiger partial charge in [-0.2, -0.15) is 0 Å². The number of allylic oxidation sites excluding steroid dienone is 1. The zero-order valence-corrected chi connectivity index (χ0v) is 8.44. The Morgan fingerprint density at radius 1 is 1.31 bits per heavy atom. The van der Waals surface area contributed by atoms with Crippen LogP contribution in [0.15, 0.2) is 21.9 Å². The van der Waals surface area contributed by atoms with E-state index in [1.165, 1.54) is 5.70 Å². The average molecular weight is 178 g/mol. The molecular formula is C9H14N4. The zero-order valence-electron chi connectivity index (χ0n) is 8.44. The second-order valence-electron chi connectivity index (χ2n) is 3.47. The van der Waals surface area contributed by atoms with Crippen molar-refractivity contribution in [1.82, 2.24) is 9.80 Å². The monoisotopic (exact) mass is 178 g/mol. The molecule has 0 fully saturated rings. The van der Waals surface area contributed by atoms with Gasteiger partial charge in [0.25, 0.3) is 0 Å². The van der Waals surface area contributed by atoms with Crippen LogP contribution in [0.5, 0.6) is 0 Å². The van der Waals surface area contributed by atoms with Crippen LogP contribution in [-0.4, -0.2) is 34.8 Å². The molecule has 4 nitrogen and oxygen atoms in total. The Balaban J connectivity index is 2.38. The van der Waals surface area contributed by atoms with Crippen LogP contribution in [0.2, 0.25) is 0 Å². The Morgan fingerprint density at radius 2 is 2.00 bits per heavy atom. The van der Waals surface area contributed by atoms with Crippen LogP contribution in [0, 0.1) is 0 Å². The molecule has 0 bridgehead atoms. The molecule has 2 aliphatic heterocycles. The summed E-state index contributed by atoms with van der Waals surface area (Å²) in [6.45, 7) is 6.02. The number of nitrogens with zero attached hydrogens (tertiary/aromatic N) is 4. The first-order chi connectivity index (χ1) is 6.09. The highest BCUT2D eigenvalue weighted by atomic mass is 15.5. The second kappa shape index (κ2) is 2.58. The highest BCUT2D eigenvalue weighted by Crippen LogP contribution is 2.24. The minimum Gasteiger partial charge on any atom is -0.338 e. The van der Waals surface area contributed by atoms with Gasteiger partial charge in [0.1, 0.15) is 11.7 Å². The lowest BCUT2D eigenvalue weighted by Crippen LogP contribution is -2.41. The third-order valence-electron chi connectivity index (χ3n) is 2.48. The molecule has 0 aromatic heterocycles. The lowest BCUT2D eigenvalue weighted by atomic mass is 10.5. The Labute approximate surface area is 78.3 Å². The molecule has 1 atom stereocenters. The molecule has 70 valence electrons. The normalized spacial score (nSPS) is 26.8. The summed E-state index contributed by atoms with van der Waals surface area (Å²) < 4.78 is 0. The van der Waals surface area contributed by atoms with Gasteiger partial charge in [-0.3, -0.25) is 4.90 Å². The summed E-state index contributed by atoms with van der Waals surface area (Å²) in [6.07, 6.45) is 2.18. The molecule has 0 N–H and O–H groups in total. The Bertz CT molecular complexity index is 327. The van der Waals surface area contributed by atoms with Crippen molar-refractivity contribution in [3.8, 4) is 0 Å². The second-order valence-corrected chi connectivity index (χ2v) is 3.47. The lowest BCUT2D eigenvalue weighted by Gasteiger charge is -2.30. The molecule has 0 aromatic rings. The molecule has 0 radical (unpaired) electrons. The minimum atomic E-state index is 0.0949. The fourth-order valence-corrected chi connectivity index (χ4v) is 1.62. The maximum absolute atomic E-state index is 4.46. The number of amidine groups is 2. The van der Waals surface area contributed by atoms with Crippen LogP contribution in [0.1, 0.15) is 20.8 Å². The summed E-state index contributed by atoms with van der Waals surface area (Å²) in [7, 11) is 2.05. The summed E-state index contributed by atoms with van der Waals surface area (Å²) in [6, 6.07) is 0. The molecule has 13 heavy (non-hydrogen) atoms. The lowest BCUT2D eigenvalue weighted by molar-refractivity contribution is 0.238. The zero-order chi connectivity index (χ0) is 9.59. The fraction of sp³-hybridized carbons (Fsp3) is 0.556. The van der Waals surface area contributed by atoms with Crippen LogP contribution >= 0.6 is 0 Å². The highest BCUT2D eigenvalue weighted by Gasteiger charge is 2.30. The first-order valence-electron chi connectivity index (χ1n) is 4.39. The molecule has 2 heterocycles. The summed E-state index contributed by atoms with van der Waals surface area (Å²) in [5.41, 5.74) is 1.22. The minimum absolute atomic E-state index is 0.0949. The molecule has 2 rings (SSSR count). The third kappa shape index (κ3) is 1.13. The van der Waals surface area contributed by atoms with Crippen molar-refractivity contribution in [2.45, 2.75) is 27.1 Å². The van der Waals surface area contributed by atoms with Crippen LogP contribution in [0.4, 0.5) is 0 Å². The Morgan fingerprint density at radius 3 is 2.69 bits per heavy atom. The molecule has 0 spiro atoms. The van der Waals surface area contributed by atoms with E-state index in [9.17, 15) is 0 Å². The van der Waals surface area contributed by atoms with Crippen molar-refractivity contribution >= 4 is 11.7 Å². The van der Waals surface area contributed by atoms with Crippen LogP contribution in [0.3, 0.4) is 0 Å². The van der Waals surface area contributed by atoms with Gasteiger partial charge in [-0.05, 0) is 20.8 Å². The Kier molecular flexibility index (Phi) is 1.65. The average Bonchev–Trinajstić information content (AvgIpc) is 2.32. The third-order valence-corrected chi connectivity index (χ3v) is 2.48. The van der Waals surface area contributed by atoms with Crippen molar-refractivity contribution in [3.05, 3.63) is 11.9 Å². The van der Waals surface area contributed by atoms with Gasteiger partial charge in [-0.1, -0.05) is 0 Å². The van der Waals surface area contributed by atoms with Crippen LogP contribution in [0.25, 0.3) is 0 Å². The molecule has 1 unspecified atom stereocenters. The van der Waals surface area contributed by atoms with E-state index < -0.39 is 0 Å². The van der Waals surface area contributed by atoms with Gasteiger partial charge in [0, 0.05) is 18.9 Å². The quantitative estimate of drug-likeness (QED) is 0.558. The van der Waals surface area contributed by atoms with Crippen molar-refractivity contribution in [2.75, 3.05) is 7.05 Å². The van der Waals surface area contributed by atoms with E-state index >= 15 is 0 Å². The highest BCUT2D eigenvalue weighted by molar-refractivity contribution is 5.97. The van der Waals surface area contributed by atoms with E-state index in [4.69, 9.17) is 0 Å². The van der Waals surface area contributed by atoms with Crippen molar-refractivity contribution < 1.29 is 0 Å². The molecule has 0 aliphatic carbocycles. The molecule has 4 heteroatoms. The predicted molar refractivity (Wildman–Crippen MR) is 53.4 cm³/mol. The van der Waals surface area contributed by atoms with Crippen molar-refractivity contribution in [1.29, 1.82) is 0 Å². The smallest absolute Gasteiger partial charge is 0.205 e. The van der Waals surface area contributed by atoms with Gasteiger partial charge in [0.2, 0.25) is 6.29 Å². The van der Waals surface area contributed by atoms with Gasteiger partial charge in [-0.15, -0.1) is 0 Å². The van der Waals surface area contributed by atoms with Gasteiger partial charge < -0.3 is 4.90 Å². The van der Waals surface area contributed by atoms with Crippen LogP contribution in [-0.2, 0) is 0 Å². The molecule has 0 aromatic carbocycles. The topological polar surface area (TPSA) is 31.2 Å². The van der Waals surface area contributed by atoms with Crippen molar-refractivity contribution in [3.63, 3.8) is 0 Å². The standard InChI is InChI=1S/C9H14N4/c1-6-5-13-8(3)10-7(2)11-9(13)12(6)4/h5,9H,1-4H3. The largest absolute Gasteiger partial charge is 0.338 e. The Hall–Kier alpha value is -1.32. The first-order valence-corrected chi connectivity index (χ1v) is 4.39. The summed E-state index contributed by atoms with van der Waals surface area (Å²) >= 11 is 0. The molecule has 0 amide bonds. The van der Waals surface area contributed by atoms with Gasteiger partial charge >= 0.3 is 0 Å².